The lowest BCUT2D eigenvalue weighted by Gasteiger charge is -1.81. The summed E-state index contributed by atoms with van der Waals surface area (Å²) >= 11 is 0. The molecule has 1 aromatic rings. The molecule has 1 aromatic heterocycles. The van der Waals surface area contributed by atoms with Crippen LogP contribution in [0.15, 0.2) is 0 Å². The van der Waals surface area contributed by atoms with Crippen molar-refractivity contribution < 1.29 is 0 Å². The van der Waals surface area contributed by atoms with Crippen molar-refractivity contribution >= 4 is 0 Å². The van der Waals surface area contributed by atoms with Crippen molar-refractivity contribution in [2.45, 2.75) is 0 Å². The van der Waals surface area contributed by atoms with E-state index >= 15 is 0 Å². The molecule has 0 atom stereocenters. The minimum Gasteiger partial charge on any atom is -0.189 e. The highest BCUT2D eigenvalue weighted by atomic mass is 15.3. The standard InChI is InChI=1S/C4N6/c5-1-3-7-9-4(2-6)10-8-3. The molecule has 0 aliphatic heterocycles. The minimum absolute atomic E-state index is 0.140. The Kier molecular flexibility index (Phi) is 1.49. The molecule has 0 unspecified atom stereocenters. The normalized spacial score (nSPS) is 7.80. The molecule has 0 N–H and O–H groups in total. The molecule has 0 aromatic carbocycles. The van der Waals surface area contributed by atoms with E-state index in [1.165, 1.54) is 0 Å². The van der Waals surface area contributed by atoms with E-state index in [0.29, 0.717) is 0 Å². The van der Waals surface area contributed by atoms with Gasteiger partial charge in [-0.3, -0.25) is 0 Å². The molecule has 0 fully saturated rings. The van der Waals surface area contributed by atoms with Gasteiger partial charge in [-0.25, -0.2) is 0 Å². The lowest BCUT2D eigenvalue weighted by Crippen LogP contribution is -1.99. The van der Waals surface area contributed by atoms with E-state index in [1.807, 2.05) is 0 Å². The van der Waals surface area contributed by atoms with Crippen LogP contribution in [-0.2, 0) is 0 Å². The molecular formula is C4N6. The van der Waals surface area contributed by atoms with Gasteiger partial charge in [-0.2, -0.15) is 10.5 Å². The first-order valence-corrected chi connectivity index (χ1v) is 2.24. The Morgan fingerprint density at radius 3 is 1.30 bits per heavy atom. The fourth-order valence-corrected chi connectivity index (χ4v) is 0.319. The number of nitriles is 2. The predicted molar refractivity (Wildman–Crippen MR) is 27.1 cm³/mol. The van der Waals surface area contributed by atoms with Gasteiger partial charge in [-0.1, -0.05) is 0 Å². The average molecular weight is 132 g/mol. The van der Waals surface area contributed by atoms with Gasteiger partial charge in [0.1, 0.15) is 12.1 Å². The number of hydrogen-bond donors (Lipinski definition) is 0. The van der Waals surface area contributed by atoms with Gasteiger partial charge in [-0.15, -0.1) is 20.4 Å². The molecule has 6 nitrogen and oxygen atoms in total. The molecule has 0 spiro atoms. The highest BCUT2D eigenvalue weighted by molar-refractivity contribution is 5.08. The van der Waals surface area contributed by atoms with Gasteiger partial charge in [0.05, 0.1) is 0 Å². The van der Waals surface area contributed by atoms with Crippen molar-refractivity contribution in [1.82, 2.24) is 20.4 Å². The first-order valence-electron chi connectivity index (χ1n) is 2.24. The van der Waals surface area contributed by atoms with E-state index in [1.54, 1.807) is 12.1 Å². The van der Waals surface area contributed by atoms with E-state index in [4.69, 9.17) is 10.5 Å². The van der Waals surface area contributed by atoms with Crippen molar-refractivity contribution in [2.24, 2.45) is 0 Å². The number of aromatic nitrogens is 4. The largest absolute Gasteiger partial charge is 0.272 e. The van der Waals surface area contributed by atoms with E-state index in [9.17, 15) is 0 Å². The lowest BCUT2D eigenvalue weighted by molar-refractivity contribution is 0.814. The zero-order valence-electron chi connectivity index (χ0n) is 4.68. The Balaban J connectivity index is 3.08. The van der Waals surface area contributed by atoms with Crippen LogP contribution in [-0.4, -0.2) is 20.4 Å². The zero-order chi connectivity index (χ0) is 7.40. The van der Waals surface area contributed by atoms with Crippen LogP contribution in [0.2, 0.25) is 0 Å². The second kappa shape index (κ2) is 2.46. The molecule has 0 saturated heterocycles. The van der Waals surface area contributed by atoms with E-state index < -0.39 is 0 Å². The maximum absolute atomic E-state index is 8.16. The van der Waals surface area contributed by atoms with Gasteiger partial charge in [0.25, 0.3) is 11.6 Å². The molecule has 0 bridgehead atoms. The van der Waals surface area contributed by atoms with Crippen LogP contribution in [0.1, 0.15) is 11.6 Å². The van der Waals surface area contributed by atoms with E-state index in [2.05, 4.69) is 20.4 Å². The Labute approximate surface area is 55.8 Å². The molecule has 6 heteroatoms. The topological polar surface area (TPSA) is 99.1 Å². The molecule has 10 heavy (non-hydrogen) atoms. The molecule has 1 heterocycles. The van der Waals surface area contributed by atoms with Crippen molar-refractivity contribution in [2.75, 3.05) is 0 Å². The van der Waals surface area contributed by atoms with E-state index in [0.717, 1.165) is 0 Å². The third-order valence-electron chi connectivity index (χ3n) is 0.679. The van der Waals surface area contributed by atoms with Crippen LogP contribution < -0.4 is 0 Å². The van der Waals surface area contributed by atoms with Gasteiger partial charge < -0.3 is 0 Å². The minimum atomic E-state index is -0.140. The Bertz CT molecular complexity index is 267. The summed E-state index contributed by atoms with van der Waals surface area (Å²) < 4.78 is 0. The molecular weight excluding hydrogens is 132 g/mol. The maximum atomic E-state index is 8.16. The maximum Gasteiger partial charge on any atom is 0.272 e. The van der Waals surface area contributed by atoms with Crippen LogP contribution in [0.25, 0.3) is 0 Å². The SMILES string of the molecule is N#Cc1nnc(C#N)nn1. The average Bonchev–Trinajstić information content (AvgIpc) is 2.05. The lowest BCUT2D eigenvalue weighted by atomic mass is 10.7. The molecule has 0 radical (unpaired) electrons. The molecule has 0 amide bonds. The van der Waals surface area contributed by atoms with Crippen molar-refractivity contribution in [3.8, 4) is 12.1 Å². The summed E-state index contributed by atoms with van der Waals surface area (Å²) in [6.07, 6.45) is 0. The van der Waals surface area contributed by atoms with Crippen molar-refractivity contribution in [3.05, 3.63) is 11.6 Å². The first-order chi connectivity index (χ1) is 4.86. The molecule has 0 aliphatic carbocycles. The van der Waals surface area contributed by atoms with Crippen molar-refractivity contribution in [1.29, 1.82) is 10.5 Å². The van der Waals surface area contributed by atoms with Gasteiger partial charge in [-0.05, 0) is 0 Å². The van der Waals surface area contributed by atoms with Gasteiger partial charge in [0, 0.05) is 0 Å². The Hall–Kier alpha value is -2.08. The Morgan fingerprint density at radius 2 is 1.10 bits per heavy atom. The van der Waals surface area contributed by atoms with Gasteiger partial charge in [0.2, 0.25) is 0 Å². The summed E-state index contributed by atoms with van der Waals surface area (Å²) in [5.41, 5.74) is 0. The summed E-state index contributed by atoms with van der Waals surface area (Å²) in [6.45, 7) is 0. The predicted octanol–water partition coefficient (Wildman–Crippen LogP) is -0.990. The van der Waals surface area contributed by atoms with Crippen molar-refractivity contribution in [3.63, 3.8) is 0 Å². The summed E-state index contributed by atoms with van der Waals surface area (Å²) in [5.74, 6) is -0.280. The summed E-state index contributed by atoms with van der Waals surface area (Å²) in [4.78, 5) is 0. The van der Waals surface area contributed by atoms with Gasteiger partial charge in [0.15, 0.2) is 0 Å². The second-order valence-electron chi connectivity index (χ2n) is 1.27. The monoisotopic (exact) mass is 132 g/mol. The summed E-state index contributed by atoms with van der Waals surface area (Å²) in [7, 11) is 0. The van der Waals surface area contributed by atoms with Crippen LogP contribution in [0.3, 0.4) is 0 Å². The molecule has 0 saturated carbocycles. The van der Waals surface area contributed by atoms with Gasteiger partial charge >= 0.3 is 0 Å². The van der Waals surface area contributed by atoms with Crippen LogP contribution in [0.4, 0.5) is 0 Å². The first kappa shape index (κ1) is 6.05. The summed E-state index contributed by atoms with van der Waals surface area (Å²) in [5, 5.41) is 29.4. The fraction of sp³-hybridized carbons (Fsp3) is 0. The number of rotatable bonds is 0. The van der Waals surface area contributed by atoms with Crippen LogP contribution in [0, 0.1) is 22.7 Å². The number of nitrogens with zero attached hydrogens (tertiary/aromatic N) is 6. The molecule has 0 aliphatic rings. The van der Waals surface area contributed by atoms with Crippen LogP contribution in [0.5, 0.6) is 0 Å². The third kappa shape index (κ3) is 1.01. The highest BCUT2D eigenvalue weighted by Gasteiger charge is 1.95. The highest BCUT2D eigenvalue weighted by Crippen LogP contribution is 1.79. The summed E-state index contributed by atoms with van der Waals surface area (Å²) in [6, 6.07) is 3.24. The quantitative estimate of drug-likeness (QED) is 0.449. The molecule has 46 valence electrons. The third-order valence-corrected chi connectivity index (χ3v) is 0.679. The van der Waals surface area contributed by atoms with E-state index in [-0.39, 0.29) is 11.6 Å². The fourth-order valence-electron chi connectivity index (χ4n) is 0.319. The smallest absolute Gasteiger partial charge is 0.189 e. The zero-order valence-corrected chi connectivity index (χ0v) is 4.68. The Morgan fingerprint density at radius 1 is 0.800 bits per heavy atom. The second-order valence-corrected chi connectivity index (χ2v) is 1.27. The van der Waals surface area contributed by atoms with Crippen LogP contribution >= 0.6 is 0 Å². The molecule has 1 rings (SSSR count). The number of hydrogen-bond acceptors (Lipinski definition) is 6.